The first kappa shape index (κ1) is 28.7. The van der Waals surface area contributed by atoms with Crippen LogP contribution in [-0.4, -0.2) is 89.5 Å². The van der Waals surface area contributed by atoms with Gasteiger partial charge in [0.1, 0.15) is 24.2 Å². The van der Waals surface area contributed by atoms with Gasteiger partial charge in [0.05, 0.1) is 13.2 Å². The molecule has 0 aliphatic heterocycles. The lowest BCUT2D eigenvalue weighted by Gasteiger charge is -2.24. The van der Waals surface area contributed by atoms with Crippen LogP contribution in [0.5, 0.6) is 0 Å². The zero-order valence-corrected chi connectivity index (χ0v) is 17.6. The van der Waals surface area contributed by atoms with Gasteiger partial charge in [-0.05, 0) is 51.6 Å². The Kier molecular flexibility index (Phi) is 15.2. The quantitative estimate of drug-likeness (QED) is 0.0978. The SMILES string of the molecule is NCCCCC(NC(=O)C(CO)NC(=O)C(CCCCN)NC(=O)C(N)CO)C(=O)O. The molecule has 0 saturated heterocycles. The number of carbonyl (C=O) groups excluding carboxylic acids is 3. The van der Waals surface area contributed by atoms with Crippen LogP contribution in [0.25, 0.3) is 0 Å². The molecule has 4 atom stereocenters. The second-order valence-corrected chi connectivity index (χ2v) is 7.06. The summed E-state index contributed by atoms with van der Waals surface area (Å²) in [6.07, 6.45) is 2.45. The molecule has 0 spiro atoms. The van der Waals surface area contributed by atoms with Crippen molar-refractivity contribution in [3.8, 4) is 0 Å². The molecule has 0 bridgehead atoms. The molecule has 180 valence electrons. The van der Waals surface area contributed by atoms with Crippen molar-refractivity contribution in [3.63, 3.8) is 0 Å². The zero-order chi connectivity index (χ0) is 23.8. The Balaban J connectivity index is 5.11. The van der Waals surface area contributed by atoms with Crippen molar-refractivity contribution in [2.75, 3.05) is 26.3 Å². The van der Waals surface area contributed by atoms with Gasteiger partial charge in [0.2, 0.25) is 17.7 Å². The maximum Gasteiger partial charge on any atom is 0.326 e. The molecule has 12 N–H and O–H groups in total. The Morgan fingerprint density at radius 3 is 1.58 bits per heavy atom. The van der Waals surface area contributed by atoms with E-state index < -0.39 is 61.1 Å². The molecule has 3 amide bonds. The molecule has 0 rings (SSSR count). The van der Waals surface area contributed by atoms with Crippen LogP contribution < -0.4 is 33.2 Å². The van der Waals surface area contributed by atoms with Crippen molar-refractivity contribution in [2.45, 2.75) is 62.7 Å². The van der Waals surface area contributed by atoms with Crippen LogP contribution in [0.4, 0.5) is 0 Å². The van der Waals surface area contributed by atoms with Crippen LogP contribution in [0.3, 0.4) is 0 Å². The van der Waals surface area contributed by atoms with E-state index in [9.17, 15) is 29.4 Å². The lowest BCUT2D eigenvalue weighted by atomic mass is 10.1. The number of carboxylic acid groups (broad SMARTS) is 1. The van der Waals surface area contributed by atoms with Gasteiger partial charge < -0.3 is 48.5 Å². The number of hydrogen-bond donors (Lipinski definition) is 9. The van der Waals surface area contributed by atoms with Crippen molar-refractivity contribution < 1.29 is 34.5 Å². The Hall–Kier alpha value is -2.32. The lowest BCUT2D eigenvalue weighted by molar-refractivity contribution is -0.142. The van der Waals surface area contributed by atoms with Gasteiger partial charge in [-0.2, -0.15) is 0 Å². The van der Waals surface area contributed by atoms with Crippen LogP contribution in [-0.2, 0) is 19.2 Å². The molecule has 0 heterocycles. The fourth-order valence-corrected chi connectivity index (χ4v) is 2.61. The highest BCUT2D eigenvalue weighted by Crippen LogP contribution is 2.04. The van der Waals surface area contributed by atoms with Gasteiger partial charge >= 0.3 is 5.97 Å². The van der Waals surface area contributed by atoms with Gasteiger partial charge in [-0.3, -0.25) is 14.4 Å². The molecule has 0 saturated carbocycles. The molecule has 4 unspecified atom stereocenters. The van der Waals surface area contributed by atoms with E-state index in [-0.39, 0.29) is 12.8 Å². The number of unbranched alkanes of at least 4 members (excludes halogenated alkanes) is 2. The molecule has 0 aliphatic carbocycles. The van der Waals surface area contributed by atoms with E-state index in [0.29, 0.717) is 38.8 Å². The number of amides is 3. The normalized spacial score (nSPS) is 14.7. The molecule has 0 aromatic rings. The minimum Gasteiger partial charge on any atom is -0.480 e. The number of carboxylic acids is 1. The summed E-state index contributed by atoms with van der Waals surface area (Å²) in [5.74, 6) is -3.65. The van der Waals surface area contributed by atoms with Gasteiger partial charge in [0.15, 0.2) is 0 Å². The van der Waals surface area contributed by atoms with Crippen molar-refractivity contribution in [1.82, 2.24) is 16.0 Å². The third kappa shape index (κ3) is 11.6. The fraction of sp³-hybridized carbons (Fsp3) is 0.778. The molecule has 13 heteroatoms. The highest BCUT2D eigenvalue weighted by atomic mass is 16.4. The van der Waals surface area contributed by atoms with Crippen molar-refractivity contribution >= 4 is 23.7 Å². The molecular formula is C18H36N6O7. The average molecular weight is 449 g/mol. The molecule has 0 fully saturated rings. The minimum absolute atomic E-state index is 0.140. The Morgan fingerprint density at radius 1 is 0.677 bits per heavy atom. The Bertz CT molecular complexity index is 578. The highest BCUT2D eigenvalue weighted by molar-refractivity contribution is 5.94. The number of hydrogen-bond acceptors (Lipinski definition) is 9. The number of carbonyl (C=O) groups is 4. The van der Waals surface area contributed by atoms with E-state index >= 15 is 0 Å². The molecule has 0 aromatic carbocycles. The zero-order valence-electron chi connectivity index (χ0n) is 17.6. The third-order valence-corrected chi connectivity index (χ3v) is 4.49. The van der Waals surface area contributed by atoms with Gasteiger partial charge in [-0.25, -0.2) is 4.79 Å². The summed E-state index contributed by atoms with van der Waals surface area (Å²) in [6.45, 7) is -0.647. The first-order valence-electron chi connectivity index (χ1n) is 10.2. The number of rotatable bonds is 17. The van der Waals surface area contributed by atoms with Crippen LogP contribution in [0, 0.1) is 0 Å². The average Bonchev–Trinajstić information content (AvgIpc) is 2.74. The third-order valence-electron chi connectivity index (χ3n) is 4.49. The molecule has 0 radical (unpaired) electrons. The summed E-state index contributed by atoms with van der Waals surface area (Å²) in [7, 11) is 0. The summed E-state index contributed by atoms with van der Waals surface area (Å²) in [5, 5.41) is 34.7. The highest BCUT2D eigenvalue weighted by Gasteiger charge is 2.29. The smallest absolute Gasteiger partial charge is 0.326 e. The summed E-state index contributed by atoms with van der Waals surface area (Å²) in [5.41, 5.74) is 16.3. The molecular weight excluding hydrogens is 412 g/mol. The van der Waals surface area contributed by atoms with Crippen molar-refractivity contribution in [3.05, 3.63) is 0 Å². The molecule has 0 aromatic heterocycles. The van der Waals surface area contributed by atoms with Gasteiger partial charge in [-0.1, -0.05) is 0 Å². The van der Waals surface area contributed by atoms with Crippen molar-refractivity contribution in [1.29, 1.82) is 0 Å². The van der Waals surface area contributed by atoms with E-state index in [0.717, 1.165) is 0 Å². The summed E-state index contributed by atoms with van der Waals surface area (Å²) >= 11 is 0. The topological polar surface area (TPSA) is 243 Å². The van der Waals surface area contributed by atoms with E-state index in [2.05, 4.69) is 16.0 Å². The Labute approximate surface area is 181 Å². The number of aliphatic hydroxyl groups excluding tert-OH is 2. The standard InChI is InChI=1S/C18H36N6O7/c19-7-3-1-5-12(22-15(27)11(21)9-25)16(28)24-14(10-26)17(29)23-13(18(30)31)6-2-4-8-20/h11-14,25-26H,1-10,19-21H2,(H,22,27)(H,23,29)(H,24,28)(H,30,31). The van der Waals surface area contributed by atoms with E-state index in [4.69, 9.17) is 22.3 Å². The van der Waals surface area contributed by atoms with E-state index in [1.807, 2.05) is 0 Å². The summed E-state index contributed by atoms with van der Waals surface area (Å²) < 4.78 is 0. The predicted molar refractivity (Wildman–Crippen MR) is 111 cm³/mol. The van der Waals surface area contributed by atoms with Crippen LogP contribution in [0.1, 0.15) is 38.5 Å². The second-order valence-electron chi connectivity index (χ2n) is 7.06. The summed E-state index contributed by atoms with van der Waals surface area (Å²) in [4.78, 5) is 48.3. The molecule has 13 nitrogen and oxygen atoms in total. The number of nitrogens with one attached hydrogen (secondary N) is 3. The van der Waals surface area contributed by atoms with Crippen LogP contribution in [0.2, 0.25) is 0 Å². The fourth-order valence-electron chi connectivity index (χ4n) is 2.61. The number of aliphatic carboxylic acids is 1. The Morgan fingerprint density at radius 2 is 1.13 bits per heavy atom. The lowest BCUT2D eigenvalue weighted by Crippen LogP contribution is -2.58. The molecule has 0 aliphatic rings. The van der Waals surface area contributed by atoms with E-state index in [1.165, 1.54) is 0 Å². The first-order chi connectivity index (χ1) is 14.7. The maximum atomic E-state index is 12.6. The van der Waals surface area contributed by atoms with Gasteiger partial charge in [0, 0.05) is 0 Å². The maximum absolute atomic E-state index is 12.6. The van der Waals surface area contributed by atoms with Gasteiger partial charge in [0.25, 0.3) is 0 Å². The van der Waals surface area contributed by atoms with Crippen LogP contribution in [0.15, 0.2) is 0 Å². The molecule has 31 heavy (non-hydrogen) atoms. The summed E-state index contributed by atoms with van der Waals surface area (Å²) in [6, 6.07) is -4.94. The monoisotopic (exact) mass is 448 g/mol. The van der Waals surface area contributed by atoms with E-state index in [1.54, 1.807) is 0 Å². The number of nitrogens with two attached hydrogens (primary N) is 3. The van der Waals surface area contributed by atoms with Crippen molar-refractivity contribution in [2.24, 2.45) is 17.2 Å². The largest absolute Gasteiger partial charge is 0.480 e. The second kappa shape index (κ2) is 16.4. The first-order valence-corrected chi connectivity index (χ1v) is 10.2. The van der Waals surface area contributed by atoms with Gasteiger partial charge in [-0.15, -0.1) is 0 Å². The number of aliphatic hydroxyl groups is 2. The van der Waals surface area contributed by atoms with Crippen LogP contribution >= 0.6 is 0 Å². The minimum atomic E-state index is -1.43. The predicted octanol–water partition coefficient (Wildman–Crippen LogP) is -3.90.